The van der Waals surface area contributed by atoms with Crippen molar-refractivity contribution in [2.45, 2.75) is 16.3 Å². The third-order valence-corrected chi connectivity index (χ3v) is 4.18. The molecule has 20 heavy (non-hydrogen) atoms. The molecule has 10 heteroatoms. The molecule has 0 radical (unpaired) electrons. The van der Waals surface area contributed by atoms with Crippen LogP contribution in [0.15, 0.2) is 32.0 Å². The lowest BCUT2D eigenvalue weighted by atomic mass is 10.3. The van der Waals surface area contributed by atoms with Crippen molar-refractivity contribution in [1.29, 1.82) is 0 Å². The predicted molar refractivity (Wildman–Crippen MR) is 74.4 cm³/mol. The fraction of sp³-hybridized carbons (Fsp3) is 0.100. The molecule has 2 aromatic heterocycles. The van der Waals surface area contributed by atoms with Crippen molar-refractivity contribution in [2.24, 2.45) is 10.9 Å². The Labute approximate surface area is 121 Å². The zero-order valence-electron chi connectivity index (χ0n) is 10.2. The maximum Gasteiger partial charge on any atom is 0.298 e. The number of hydrogen-bond donors (Lipinski definition) is 2. The maximum atomic E-state index is 10.9. The first kappa shape index (κ1) is 14.2. The number of nitrogens with zero attached hydrogens (tertiary/aromatic N) is 4. The second-order valence-electron chi connectivity index (χ2n) is 3.62. The van der Waals surface area contributed by atoms with Gasteiger partial charge < -0.3 is 10.9 Å². The standard InChI is InChI=1S/C10H9N5O3S2/c1-5-4-19-10(12-5)20-7-3-2-6(15(17)18)8(13-7)9(11)14-16/h2-4,16H,1H3,(H2,11,14). The van der Waals surface area contributed by atoms with Crippen LogP contribution >= 0.6 is 23.1 Å². The molecule has 0 atom stereocenters. The van der Waals surface area contributed by atoms with Gasteiger partial charge in [-0.1, -0.05) is 5.16 Å². The summed E-state index contributed by atoms with van der Waals surface area (Å²) in [5.74, 6) is -0.408. The van der Waals surface area contributed by atoms with Gasteiger partial charge in [0.25, 0.3) is 5.69 Å². The quantitative estimate of drug-likeness (QED) is 0.290. The van der Waals surface area contributed by atoms with E-state index in [1.807, 2.05) is 12.3 Å². The summed E-state index contributed by atoms with van der Waals surface area (Å²) in [7, 11) is 0. The number of amidine groups is 1. The van der Waals surface area contributed by atoms with Gasteiger partial charge in [-0.25, -0.2) is 9.97 Å². The molecule has 0 aliphatic carbocycles. The predicted octanol–water partition coefficient (Wildman–Crippen LogP) is 2.00. The highest BCUT2D eigenvalue weighted by molar-refractivity contribution is 8.01. The molecule has 8 nitrogen and oxygen atoms in total. The van der Waals surface area contributed by atoms with E-state index in [1.165, 1.54) is 35.2 Å². The summed E-state index contributed by atoms with van der Waals surface area (Å²) in [6.45, 7) is 1.87. The van der Waals surface area contributed by atoms with Crippen molar-refractivity contribution in [3.63, 3.8) is 0 Å². The topological polar surface area (TPSA) is 128 Å². The van der Waals surface area contributed by atoms with Crippen LogP contribution in [0.1, 0.15) is 11.4 Å². The van der Waals surface area contributed by atoms with Crippen LogP contribution in [0.25, 0.3) is 0 Å². The first-order valence-corrected chi connectivity index (χ1v) is 6.94. The summed E-state index contributed by atoms with van der Waals surface area (Å²) >= 11 is 2.69. The van der Waals surface area contributed by atoms with E-state index >= 15 is 0 Å². The van der Waals surface area contributed by atoms with E-state index in [-0.39, 0.29) is 11.4 Å². The van der Waals surface area contributed by atoms with Crippen LogP contribution in [0.5, 0.6) is 0 Å². The molecular formula is C10H9N5O3S2. The zero-order chi connectivity index (χ0) is 14.7. The summed E-state index contributed by atoms with van der Waals surface area (Å²) in [4.78, 5) is 18.5. The molecule has 0 unspecified atom stereocenters. The van der Waals surface area contributed by atoms with Gasteiger partial charge in [0, 0.05) is 17.1 Å². The highest BCUT2D eigenvalue weighted by Crippen LogP contribution is 2.30. The van der Waals surface area contributed by atoms with Crippen molar-refractivity contribution in [3.8, 4) is 0 Å². The van der Waals surface area contributed by atoms with Crippen LogP contribution in [-0.2, 0) is 0 Å². The lowest BCUT2D eigenvalue weighted by Gasteiger charge is -2.02. The van der Waals surface area contributed by atoms with E-state index in [0.717, 1.165) is 10.0 Å². The largest absolute Gasteiger partial charge is 0.409 e. The first-order valence-electron chi connectivity index (χ1n) is 5.24. The molecule has 3 N–H and O–H groups in total. The van der Waals surface area contributed by atoms with Crippen molar-refractivity contribution in [1.82, 2.24) is 9.97 Å². The van der Waals surface area contributed by atoms with E-state index in [4.69, 9.17) is 10.9 Å². The van der Waals surface area contributed by atoms with E-state index in [2.05, 4.69) is 15.1 Å². The summed E-state index contributed by atoms with van der Waals surface area (Å²) < 4.78 is 0.759. The summed E-state index contributed by atoms with van der Waals surface area (Å²) in [5.41, 5.74) is 5.81. The molecular weight excluding hydrogens is 302 g/mol. The van der Waals surface area contributed by atoms with Crippen molar-refractivity contribution in [3.05, 3.63) is 39.0 Å². The molecule has 0 bridgehead atoms. The molecule has 2 aromatic rings. The highest BCUT2D eigenvalue weighted by atomic mass is 32.2. The van der Waals surface area contributed by atoms with E-state index in [1.54, 1.807) is 0 Å². The van der Waals surface area contributed by atoms with Crippen molar-refractivity contribution in [2.75, 3.05) is 0 Å². The fourth-order valence-electron chi connectivity index (χ4n) is 1.34. The Kier molecular flexibility index (Phi) is 4.15. The van der Waals surface area contributed by atoms with E-state index in [9.17, 15) is 10.1 Å². The van der Waals surface area contributed by atoms with Crippen LogP contribution in [0.4, 0.5) is 5.69 Å². The minimum Gasteiger partial charge on any atom is -0.409 e. The molecule has 0 saturated heterocycles. The van der Waals surface area contributed by atoms with E-state index in [0.29, 0.717) is 5.03 Å². The SMILES string of the molecule is Cc1csc(Sc2ccc([N+](=O)[O-])c(/C(N)=N/O)n2)n1. The molecule has 0 spiro atoms. The summed E-state index contributed by atoms with van der Waals surface area (Å²) in [6.07, 6.45) is 0. The smallest absolute Gasteiger partial charge is 0.298 e. The Hall–Kier alpha value is -2.20. The Bertz CT molecular complexity index is 685. The maximum absolute atomic E-state index is 10.9. The van der Waals surface area contributed by atoms with Gasteiger partial charge in [-0.2, -0.15) is 0 Å². The Morgan fingerprint density at radius 1 is 1.55 bits per heavy atom. The monoisotopic (exact) mass is 311 g/mol. The number of pyridine rings is 1. The minimum atomic E-state index is -0.637. The number of nitrogens with two attached hydrogens (primary N) is 1. The van der Waals surface area contributed by atoms with Gasteiger partial charge in [0.05, 0.1) is 4.92 Å². The third kappa shape index (κ3) is 3.03. The zero-order valence-corrected chi connectivity index (χ0v) is 11.8. The van der Waals surface area contributed by atoms with Crippen LogP contribution < -0.4 is 5.73 Å². The molecule has 0 amide bonds. The number of hydrogen-bond acceptors (Lipinski definition) is 8. The number of nitro groups is 1. The number of aryl methyl sites for hydroxylation is 1. The van der Waals surface area contributed by atoms with Gasteiger partial charge >= 0.3 is 0 Å². The minimum absolute atomic E-state index is 0.171. The highest BCUT2D eigenvalue weighted by Gasteiger charge is 2.20. The van der Waals surface area contributed by atoms with Gasteiger partial charge in [-0.15, -0.1) is 11.3 Å². The van der Waals surface area contributed by atoms with Crippen molar-refractivity contribution >= 4 is 34.6 Å². The molecule has 0 fully saturated rings. The van der Waals surface area contributed by atoms with E-state index < -0.39 is 10.8 Å². The molecule has 0 saturated carbocycles. The number of oxime groups is 1. The molecule has 0 aliphatic heterocycles. The Morgan fingerprint density at radius 3 is 2.85 bits per heavy atom. The second kappa shape index (κ2) is 5.84. The Balaban J connectivity index is 2.39. The van der Waals surface area contributed by atoms with Crippen LogP contribution in [0.3, 0.4) is 0 Å². The Morgan fingerprint density at radius 2 is 2.30 bits per heavy atom. The van der Waals surface area contributed by atoms with Gasteiger partial charge in [0.2, 0.25) is 0 Å². The normalized spacial score (nSPS) is 11.6. The third-order valence-electron chi connectivity index (χ3n) is 2.19. The van der Waals surface area contributed by atoms with Crippen LogP contribution in [0.2, 0.25) is 0 Å². The second-order valence-corrected chi connectivity index (χ2v) is 5.74. The number of thiazole rings is 1. The number of rotatable bonds is 4. The molecule has 0 aliphatic rings. The van der Waals surface area contributed by atoms with Gasteiger partial charge in [0.15, 0.2) is 15.9 Å². The number of aromatic nitrogens is 2. The van der Waals surface area contributed by atoms with Crippen molar-refractivity contribution < 1.29 is 10.1 Å². The average Bonchev–Trinajstić information content (AvgIpc) is 2.82. The lowest BCUT2D eigenvalue weighted by molar-refractivity contribution is -0.385. The van der Waals surface area contributed by atoms with Gasteiger partial charge in [0.1, 0.15) is 5.03 Å². The molecule has 2 heterocycles. The fourth-order valence-corrected chi connectivity index (χ4v) is 3.10. The van der Waals surface area contributed by atoms with Gasteiger partial charge in [-0.3, -0.25) is 10.1 Å². The van der Waals surface area contributed by atoms with Gasteiger partial charge in [-0.05, 0) is 24.8 Å². The molecule has 104 valence electrons. The molecule has 2 rings (SSSR count). The van der Waals surface area contributed by atoms with Crippen LogP contribution in [-0.4, -0.2) is 25.9 Å². The van der Waals surface area contributed by atoms with Crippen LogP contribution in [0, 0.1) is 17.0 Å². The first-order chi connectivity index (χ1) is 9.51. The summed E-state index contributed by atoms with van der Waals surface area (Å²) in [5, 5.41) is 24.7. The average molecular weight is 311 g/mol. The lowest BCUT2D eigenvalue weighted by Crippen LogP contribution is -2.17. The molecule has 0 aromatic carbocycles. The summed E-state index contributed by atoms with van der Waals surface area (Å²) in [6, 6.07) is 2.76.